The van der Waals surface area contributed by atoms with Gasteiger partial charge in [0, 0.05) is 10.7 Å². The molecule has 8 heteroatoms. The predicted octanol–water partition coefficient (Wildman–Crippen LogP) is 4.07. The van der Waals surface area contributed by atoms with Gasteiger partial charge in [0.25, 0.3) is 9.05 Å². The molecule has 0 fully saturated rings. The molecule has 0 amide bonds. The molecule has 0 radical (unpaired) electrons. The molecule has 0 saturated carbocycles. The molecule has 0 saturated heterocycles. The third kappa shape index (κ3) is 4.86. The van der Waals surface area contributed by atoms with Crippen LogP contribution < -0.4 is 4.74 Å². The number of halogens is 4. The lowest BCUT2D eigenvalue weighted by molar-refractivity contribution is -0.153. The van der Waals surface area contributed by atoms with Crippen molar-refractivity contribution in [3.8, 4) is 5.75 Å². The molecule has 0 heterocycles. The summed E-state index contributed by atoms with van der Waals surface area (Å²) < 4.78 is 63.8. The van der Waals surface area contributed by atoms with E-state index in [0.29, 0.717) is 12.0 Å². The van der Waals surface area contributed by atoms with E-state index < -0.39 is 21.8 Å². The summed E-state index contributed by atoms with van der Waals surface area (Å²) in [6.07, 6.45) is -3.84. The molecule has 20 heavy (non-hydrogen) atoms. The summed E-state index contributed by atoms with van der Waals surface area (Å²) in [5, 5.41) is 0. The van der Waals surface area contributed by atoms with Gasteiger partial charge in [-0.05, 0) is 36.1 Å². The van der Waals surface area contributed by atoms with E-state index in [-0.39, 0.29) is 16.6 Å². The largest absolute Gasteiger partial charge is 0.484 e. The van der Waals surface area contributed by atoms with E-state index in [9.17, 15) is 21.6 Å². The number of hydrogen-bond donors (Lipinski definition) is 0. The fraction of sp³-hybridized carbons (Fsp3) is 0.500. The highest BCUT2D eigenvalue weighted by molar-refractivity contribution is 8.13. The Bertz CT molecular complexity index is 570. The van der Waals surface area contributed by atoms with Gasteiger partial charge in [-0.3, -0.25) is 0 Å². The van der Waals surface area contributed by atoms with Crippen LogP contribution >= 0.6 is 10.7 Å². The van der Waals surface area contributed by atoms with E-state index in [0.717, 1.165) is 6.07 Å². The number of alkyl halides is 3. The normalized spacial score (nSPS) is 14.1. The summed E-state index contributed by atoms with van der Waals surface area (Å²) in [4.78, 5) is -0.158. The smallest absolute Gasteiger partial charge is 0.422 e. The zero-order valence-electron chi connectivity index (χ0n) is 10.9. The lowest BCUT2D eigenvalue weighted by Gasteiger charge is -2.17. The molecule has 0 N–H and O–H groups in total. The van der Waals surface area contributed by atoms with Crippen LogP contribution in [0, 0.1) is 0 Å². The fourth-order valence-electron chi connectivity index (χ4n) is 1.57. The molecule has 0 aliphatic carbocycles. The fourth-order valence-corrected chi connectivity index (χ4v) is 2.36. The monoisotopic (exact) mass is 330 g/mol. The molecule has 1 aromatic rings. The van der Waals surface area contributed by atoms with Gasteiger partial charge in [-0.15, -0.1) is 0 Å². The number of benzene rings is 1. The van der Waals surface area contributed by atoms with Crippen LogP contribution in [0.2, 0.25) is 0 Å². The van der Waals surface area contributed by atoms with Crippen LogP contribution in [-0.2, 0) is 9.05 Å². The summed E-state index contributed by atoms with van der Waals surface area (Å²) in [6, 6.07) is 3.57. The van der Waals surface area contributed by atoms with Crippen LogP contribution in [0.3, 0.4) is 0 Å². The molecule has 0 aliphatic rings. The molecule has 0 aromatic heterocycles. The van der Waals surface area contributed by atoms with Gasteiger partial charge in [0.15, 0.2) is 6.61 Å². The average molecular weight is 331 g/mol. The first-order valence-electron chi connectivity index (χ1n) is 5.82. The molecule has 0 spiro atoms. The molecule has 1 unspecified atom stereocenters. The van der Waals surface area contributed by atoms with E-state index >= 15 is 0 Å². The van der Waals surface area contributed by atoms with E-state index in [1.54, 1.807) is 6.92 Å². The maximum absolute atomic E-state index is 12.2. The van der Waals surface area contributed by atoms with Crippen LogP contribution in [0.1, 0.15) is 31.7 Å². The molecular weight excluding hydrogens is 317 g/mol. The summed E-state index contributed by atoms with van der Waals surface area (Å²) >= 11 is 0. The Hall–Kier alpha value is -0.950. The van der Waals surface area contributed by atoms with Crippen LogP contribution in [0.5, 0.6) is 5.75 Å². The first-order valence-corrected chi connectivity index (χ1v) is 8.13. The summed E-state index contributed by atoms with van der Waals surface area (Å²) in [5.41, 5.74) is 0.387. The highest BCUT2D eigenvalue weighted by atomic mass is 35.7. The van der Waals surface area contributed by atoms with Crippen molar-refractivity contribution in [2.24, 2.45) is 0 Å². The van der Waals surface area contributed by atoms with Crippen LogP contribution in [-0.4, -0.2) is 21.2 Å². The van der Waals surface area contributed by atoms with Gasteiger partial charge in [0.2, 0.25) is 0 Å². The van der Waals surface area contributed by atoms with Gasteiger partial charge in [-0.1, -0.05) is 13.8 Å². The SMILES string of the molecule is CCC(C)c1cc(S(=O)(=O)Cl)ccc1OCC(F)(F)F. The zero-order chi connectivity index (χ0) is 15.6. The van der Waals surface area contributed by atoms with Crippen molar-refractivity contribution in [1.82, 2.24) is 0 Å². The lowest BCUT2D eigenvalue weighted by Crippen LogP contribution is -2.20. The Morgan fingerprint density at radius 3 is 2.40 bits per heavy atom. The van der Waals surface area contributed by atoms with Gasteiger partial charge in [0.05, 0.1) is 4.90 Å². The van der Waals surface area contributed by atoms with Crippen molar-refractivity contribution < 1.29 is 26.3 Å². The predicted molar refractivity (Wildman–Crippen MR) is 69.7 cm³/mol. The van der Waals surface area contributed by atoms with E-state index in [4.69, 9.17) is 15.4 Å². The van der Waals surface area contributed by atoms with Crippen molar-refractivity contribution in [2.45, 2.75) is 37.3 Å². The number of ether oxygens (including phenoxy) is 1. The molecule has 3 nitrogen and oxygen atoms in total. The van der Waals surface area contributed by atoms with Crippen LogP contribution in [0.25, 0.3) is 0 Å². The van der Waals surface area contributed by atoms with Crippen molar-refractivity contribution in [1.29, 1.82) is 0 Å². The number of hydrogen-bond acceptors (Lipinski definition) is 3. The minimum Gasteiger partial charge on any atom is -0.484 e. The first kappa shape index (κ1) is 17.1. The van der Waals surface area contributed by atoms with Gasteiger partial charge in [0.1, 0.15) is 5.75 Å². The summed E-state index contributed by atoms with van der Waals surface area (Å²) in [7, 11) is 1.30. The van der Waals surface area contributed by atoms with Crippen LogP contribution in [0.4, 0.5) is 13.2 Å². The molecule has 1 rings (SSSR count). The van der Waals surface area contributed by atoms with E-state index in [2.05, 4.69) is 0 Å². The van der Waals surface area contributed by atoms with Gasteiger partial charge in [-0.2, -0.15) is 13.2 Å². The minimum atomic E-state index is -4.45. The summed E-state index contributed by atoms with van der Waals surface area (Å²) in [6.45, 7) is 2.17. The molecule has 1 atom stereocenters. The quantitative estimate of drug-likeness (QED) is 0.764. The highest BCUT2D eigenvalue weighted by Crippen LogP contribution is 2.33. The first-order chi connectivity index (χ1) is 9.04. The van der Waals surface area contributed by atoms with Gasteiger partial charge < -0.3 is 4.74 Å². The Balaban J connectivity index is 3.17. The third-order valence-corrected chi connectivity index (χ3v) is 4.15. The average Bonchev–Trinajstić information content (AvgIpc) is 2.33. The second-order valence-corrected chi connectivity index (χ2v) is 6.92. The Morgan fingerprint density at radius 1 is 1.35 bits per heavy atom. The van der Waals surface area contributed by atoms with E-state index in [1.165, 1.54) is 12.1 Å². The van der Waals surface area contributed by atoms with E-state index in [1.807, 2.05) is 6.92 Å². The lowest BCUT2D eigenvalue weighted by atomic mass is 9.98. The molecular formula is C12H14ClF3O3S. The van der Waals surface area contributed by atoms with Crippen molar-refractivity contribution >= 4 is 19.7 Å². The van der Waals surface area contributed by atoms with Crippen molar-refractivity contribution in [2.75, 3.05) is 6.61 Å². The Kier molecular flexibility index (Phi) is 5.32. The second kappa shape index (κ2) is 6.22. The Labute approximate surface area is 120 Å². The van der Waals surface area contributed by atoms with Crippen molar-refractivity contribution in [3.05, 3.63) is 23.8 Å². The Morgan fingerprint density at radius 2 is 1.95 bits per heavy atom. The van der Waals surface area contributed by atoms with Gasteiger partial charge in [-0.25, -0.2) is 8.42 Å². The molecule has 114 valence electrons. The zero-order valence-corrected chi connectivity index (χ0v) is 12.4. The third-order valence-electron chi connectivity index (χ3n) is 2.80. The molecule has 0 bridgehead atoms. The maximum atomic E-state index is 12.2. The standard InChI is InChI=1S/C12H14ClF3O3S/c1-3-8(2)10-6-9(20(13,17)18)4-5-11(10)19-7-12(14,15)16/h4-6,8H,3,7H2,1-2H3. The maximum Gasteiger partial charge on any atom is 0.422 e. The highest BCUT2D eigenvalue weighted by Gasteiger charge is 2.29. The van der Waals surface area contributed by atoms with Crippen molar-refractivity contribution in [3.63, 3.8) is 0 Å². The molecule has 1 aromatic carbocycles. The topological polar surface area (TPSA) is 43.4 Å². The molecule has 0 aliphatic heterocycles. The van der Waals surface area contributed by atoms with Gasteiger partial charge >= 0.3 is 6.18 Å². The minimum absolute atomic E-state index is 0.0146. The number of rotatable bonds is 5. The summed E-state index contributed by atoms with van der Waals surface area (Å²) in [5.74, 6) is -0.141. The second-order valence-electron chi connectivity index (χ2n) is 4.35. The van der Waals surface area contributed by atoms with Crippen LogP contribution in [0.15, 0.2) is 23.1 Å².